The topological polar surface area (TPSA) is 64.4 Å². The van der Waals surface area contributed by atoms with Gasteiger partial charge in [-0.3, -0.25) is 0 Å². The zero-order valence-electron chi connectivity index (χ0n) is 16.6. The second-order valence-electron chi connectivity index (χ2n) is 7.53. The molecule has 1 aliphatic heterocycles. The molecule has 0 aliphatic carbocycles. The van der Waals surface area contributed by atoms with Crippen molar-refractivity contribution in [1.29, 1.82) is 5.26 Å². The number of rotatable bonds is 6. The molecule has 9 heteroatoms. The highest BCUT2D eigenvalue weighted by molar-refractivity contribution is 7.89. The third-order valence-electron chi connectivity index (χ3n) is 5.28. The van der Waals surface area contributed by atoms with Gasteiger partial charge in [0.2, 0.25) is 10.0 Å². The summed E-state index contributed by atoms with van der Waals surface area (Å²) >= 11 is 18.8. The Balaban J connectivity index is 1.97. The smallest absolute Gasteiger partial charge is 0.216 e. The lowest BCUT2D eigenvalue weighted by molar-refractivity contribution is 0.461. The summed E-state index contributed by atoms with van der Waals surface area (Å²) in [4.78, 5) is 2.08. The lowest BCUT2D eigenvalue weighted by Gasteiger charge is -2.32. The maximum atomic E-state index is 12.6. The van der Waals surface area contributed by atoms with Crippen molar-refractivity contribution in [3.63, 3.8) is 0 Å². The number of hydrogen-bond donors (Lipinski definition) is 0. The summed E-state index contributed by atoms with van der Waals surface area (Å²) < 4.78 is 26.8. The van der Waals surface area contributed by atoms with Crippen molar-refractivity contribution < 1.29 is 8.42 Å². The van der Waals surface area contributed by atoms with Gasteiger partial charge in [-0.25, -0.2) is 8.42 Å². The molecule has 1 saturated heterocycles. The lowest BCUT2D eigenvalue weighted by atomic mass is 10.1. The zero-order chi connectivity index (χ0) is 22.1. The molecule has 1 aliphatic rings. The number of sulfonamides is 1. The minimum atomic E-state index is -3.34. The molecule has 0 N–H and O–H groups in total. The standard InChI is InChI=1S/C21H22Cl3N3O2S/c1-14(2)30(28,29)26-8-7-19(13-26)27(12-16-9-17(22)4-6-20(16)23)18-5-3-15(11-25)21(24)10-18/h3-6,9-10,14,19H,7-8,12-13H2,1-2H3/t19-/m0/s1. The van der Waals surface area contributed by atoms with Crippen molar-refractivity contribution >= 4 is 50.5 Å². The first kappa shape index (κ1) is 23.2. The van der Waals surface area contributed by atoms with E-state index in [2.05, 4.69) is 11.0 Å². The summed E-state index contributed by atoms with van der Waals surface area (Å²) in [5, 5.41) is 10.2. The van der Waals surface area contributed by atoms with Gasteiger partial charge in [-0.05, 0) is 62.2 Å². The molecule has 160 valence electrons. The molecule has 1 atom stereocenters. The van der Waals surface area contributed by atoms with Gasteiger partial charge in [-0.1, -0.05) is 34.8 Å². The van der Waals surface area contributed by atoms with E-state index >= 15 is 0 Å². The molecule has 0 bridgehead atoms. The quantitative estimate of drug-likeness (QED) is 0.553. The molecule has 30 heavy (non-hydrogen) atoms. The van der Waals surface area contributed by atoms with Crippen LogP contribution in [0.1, 0.15) is 31.4 Å². The van der Waals surface area contributed by atoms with Crippen molar-refractivity contribution in [1.82, 2.24) is 4.31 Å². The third kappa shape index (κ3) is 4.87. The summed E-state index contributed by atoms with van der Waals surface area (Å²) in [6.45, 7) is 4.63. The molecule has 5 nitrogen and oxygen atoms in total. The van der Waals surface area contributed by atoms with Crippen LogP contribution in [0.4, 0.5) is 5.69 Å². The molecule has 0 unspecified atom stereocenters. The SMILES string of the molecule is CC(C)S(=O)(=O)N1CC[C@H](N(Cc2cc(Cl)ccc2Cl)c2ccc(C#N)c(Cl)c2)C1. The van der Waals surface area contributed by atoms with Crippen molar-refractivity contribution in [2.75, 3.05) is 18.0 Å². The Labute approximate surface area is 192 Å². The van der Waals surface area contributed by atoms with Crippen molar-refractivity contribution in [2.24, 2.45) is 0 Å². The van der Waals surface area contributed by atoms with Crippen molar-refractivity contribution in [2.45, 2.75) is 38.1 Å². The number of anilines is 1. The molecule has 2 aromatic carbocycles. The van der Waals surface area contributed by atoms with Gasteiger partial charge in [-0.15, -0.1) is 0 Å². The van der Waals surface area contributed by atoms with E-state index in [1.807, 2.05) is 6.07 Å². The van der Waals surface area contributed by atoms with Crippen LogP contribution in [-0.2, 0) is 16.6 Å². The van der Waals surface area contributed by atoms with Crippen LogP contribution in [0, 0.1) is 11.3 Å². The van der Waals surface area contributed by atoms with Crippen molar-refractivity contribution in [3.8, 4) is 6.07 Å². The second kappa shape index (κ2) is 9.33. The minimum absolute atomic E-state index is 0.0717. The fourth-order valence-electron chi connectivity index (χ4n) is 3.55. The largest absolute Gasteiger partial charge is 0.363 e. The monoisotopic (exact) mass is 485 g/mol. The predicted octanol–water partition coefficient (Wildman–Crippen LogP) is 5.34. The van der Waals surface area contributed by atoms with Gasteiger partial charge >= 0.3 is 0 Å². The molecule has 0 aromatic heterocycles. The van der Waals surface area contributed by atoms with Crippen molar-refractivity contribution in [3.05, 3.63) is 62.6 Å². The molecular weight excluding hydrogens is 465 g/mol. The number of hydrogen-bond acceptors (Lipinski definition) is 4. The van der Waals surface area contributed by atoms with E-state index in [1.165, 1.54) is 0 Å². The molecule has 0 amide bonds. The van der Waals surface area contributed by atoms with Crippen LogP contribution in [0.25, 0.3) is 0 Å². The highest BCUT2D eigenvalue weighted by atomic mass is 35.5. The number of nitriles is 1. The van der Waals surface area contributed by atoms with Crippen LogP contribution in [0.15, 0.2) is 36.4 Å². The molecule has 3 rings (SSSR count). The average molecular weight is 487 g/mol. The Bertz CT molecular complexity index is 1080. The van der Waals surface area contributed by atoms with Gasteiger partial charge in [0.25, 0.3) is 0 Å². The first-order valence-corrected chi connectivity index (χ1v) is 12.2. The number of halogens is 3. The van der Waals surface area contributed by atoms with Gasteiger partial charge in [0, 0.05) is 41.4 Å². The second-order valence-corrected chi connectivity index (χ2v) is 11.3. The third-order valence-corrected chi connectivity index (χ3v) is 8.44. The zero-order valence-corrected chi connectivity index (χ0v) is 19.7. The first-order chi connectivity index (χ1) is 14.1. The summed E-state index contributed by atoms with van der Waals surface area (Å²) in [5.41, 5.74) is 2.01. The Hall–Kier alpha value is -1.49. The van der Waals surface area contributed by atoms with E-state index in [0.29, 0.717) is 46.7 Å². The van der Waals surface area contributed by atoms with E-state index in [4.69, 9.17) is 34.8 Å². The van der Waals surface area contributed by atoms with Gasteiger partial charge in [0.15, 0.2) is 0 Å². The normalized spacial score (nSPS) is 17.3. The Morgan fingerprint density at radius 1 is 1.17 bits per heavy atom. The van der Waals surface area contributed by atoms with E-state index in [9.17, 15) is 13.7 Å². The number of benzene rings is 2. The summed E-state index contributed by atoms with van der Waals surface area (Å²) in [7, 11) is -3.34. The summed E-state index contributed by atoms with van der Waals surface area (Å²) in [5.74, 6) is 0. The van der Waals surface area contributed by atoms with Crippen LogP contribution in [0.3, 0.4) is 0 Å². The fourth-order valence-corrected chi connectivity index (χ4v) is 5.47. The van der Waals surface area contributed by atoms with Crippen LogP contribution < -0.4 is 4.90 Å². The average Bonchev–Trinajstić information content (AvgIpc) is 3.19. The summed E-state index contributed by atoms with van der Waals surface area (Å²) in [6, 6.07) is 12.5. The first-order valence-electron chi connectivity index (χ1n) is 9.52. The van der Waals surface area contributed by atoms with Gasteiger partial charge in [-0.2, -0.15) is 9.57 Å². The minimum Gasteiger partial charge on any atom is -0.363 e. The van der Waals surface area contributed by atoms with E-state index < -0.39 is 15.3 Å². The lowest BCUT2D eigenvalue weighted by Crippen LogP contribution is -2.40. The van der Waals surface area contributed by atoms with Crippen LogP contribution in [0.5, 0.6) is 0 Å². The fraction of sp³-hybridized carbons (Fsp3) is 0.381. The van der Waals surface area contributed by atoms with Gasteiger partial charge in [0.1, 0.15) is 6.07 Å². The van der Waals surface area contributed by atoms with Gasteiger partial charge < -0.3 is 4.90 Å². The molecule has 0 radical (unpaired) electrons. The van der Waals surface area contributed by atoms with E-state index in [0.717, 1.165) is 11.3 Å². The maximum Gasteiger partial charge on any atom is 0.216 e. The molecule has 1 fully saturated rings. The molecule has 1 heterocycles. The van der Waals surface area contributed by atoms with Gasteiger partial charge in [0.05, 0.1) is 15.8 Å². The number of nitrogens with zero attached hydrogens (tertiary/aromatic N) is 3. The molecule has 0 saturated carbocycles. The maximum absolute atomic E-state index is 12.6. The highest BCUT2D eigenvalue weighted by Gasteiger charge is 2.36. The Morgan fingerprint density at radius 2 is 1.90 bits per heavy atom. The van der Waals surface area contributed by atoms with E-state index in [1.54, 1.807) is 48.5 Å². The predicted molar refractivity (Wildman–Crippen MR) is 123 cm³/mol. The van der Waals surface area contributed by atoms with Crippen LogP contribution in [-0.4, -0.2) is 37.1 Å². The highest BCUT2D eigenvalue weighted by Crippen LogP contribution is 2.32. The van der Waals surface area contributed by atoms with Crippen LogP contribution >= 0.6 is 34.8 Å². The Kier molecular flexibility index (Phi) is 7.21. The van der Waals surface area contributed by atoms with E-state index in [-0.39, 0.29) is 6.04 Å². The van der Waals surface area contributed by atoms with Crippen LogP contribution in [0.2, 0.25) is 15.1 Å². The molecule has 0 spiro atoms. The molecular formula is C21H22Cl3N3O2S. The summed E-state index contributed by atoms with van der Waals surface area (Å²) in [6.07, 6.45) is 0.668. The molecule has 2 aromatic rings. The Morgan fingerprint density at radius 3 is 2.53 bits per heavy atom.